The number of rotatable bonds is 3. The van der Waals surface area contributed by atoms with Gasteiger partial charge in [-0.3, -0.25) is 0 Å². The van der Waals surface area contributed by atoms with Gasteiger partial charge >= 0.3 is 0 Å². The fourth-order valence-electron chi connectivity index (χ4n) is 1.04. The maximum atomic E-state index is 11.9. The van der Waals surface area contributed by atoms with Crippen LogP contribution in [0.25, 0.3) is 0 Å². The van der Waals surface area contributed by atoms with Crippen molar-refractivity contribution in [2.75, 3.05) is 0 Å². The molecular weight excluding hydrogens is 240 g/mol. The Bertz CT molecular complexity index is 389. The van der Waals surface area contributed by atoms with Gasteiger partial charge in [0.15, 0.2) is 0 Å². The van der Waals surface area contributed by atoms with E-state index in [0.717, 1.165) is 4.88 Å². The molecule has 0 bridgehead atoms. The fraction of sp³-hybridized carbons (Fsp3) is 0.545. The Labute approximate surface area is 104 Å². The molecule has 2 atom stereocenters. The molecule has 1 unspecified atom stereocenters. The third-order valence-electron chi connectivity index (χ3n) is 2.00. The highest BCUT2D eigenvalue weighted by Gasteiger charge is 2.28. The summed E-state index contributed by atoms with van der Waals surface area (Å²) < 4.78 is 14.6. The molecule has 0 aromatic carbocycles. The van der Waals surface area contributed by atoms with Crippen LogP contribution >= 0.6 is 11.3 Å². The number of nitrogens with zero attached hydrogens (tertiary/aromatic N) is 1. The van der Waals surface area contributed by atoms with E-state index in [4.69, 9.17) is 5.26 Å². The highest BCUT2D eigenvalue weighted by molar-refractivity contribution is 7.90. The number of nitriles is 1. The molecule has 0 fully saturated rings. The molecule has 0 aliphatic carbocycles. The average molecular weight is 256 g/mol. The quantitative estimate of drug-likeness (QED) is 0.846. The van der Waals surface area contributed by atoms with Crippen LogP contribution in [0, 0.1) is 11.3 Å². The first-order valence-corrected chi connectivity index (χ1v) is 6.99. The van der Waals surface area contributed by atoms with Crippen LogP contribution < -0.4 is 4.72 Å². The molecule has 3 nitrogen and oxygen atoms in total. The van der Waals surface area contributed by atoms with Gasteiger partial charge in [-0.2, -0.15) is 5.26 Å². The maximum absolute atomic E-state index is 11.9. The van der Waals surface area contributed by atoms with Crippen molar-refractivity contribution in [3.05, 3.63) is 21.9 Å². The zero-order valence-electron chi connectivity index (χ0n) is 9.90. The Morgan fingerprint density at radius 1 is 1.50 bits per heavy atom. The minimum Gasteiger partial charge on any atom is -0.598 e. The van der Waals surface area contributed by atoms with E-state index in [-0.39, 0.29) is 10.8 Å². The molecule has 16 heavy (non-hydrogen) atoms. The molecule has 1 N–H and O–H groups in total. The van der Waals surface area contributed by atoms with E-state index in [9.17, 15) is 4.55 Å². The first-order valence-electron chi connectivity index (χ1n) is 5.02. The fourth-order valence-corrected chi connectivity index (χ4v) is 2.72. The Kier molecular flexibility index (Phi) is 4.39. The van der Waals surface area contributed by atoms with E-state index in [1.54, 1.807) is 6.07 Å². The monoisotopic (exact) mass is 256 g/mol. The van der Waals surface area contributed by atoms with Crippen molar-refractivity contribution in [3.63, 3.8) is 0 Å². The van der Waals surface area contributed by atoms with Crippen LogP contribution in [0.3, 0.4) is 0 Å². The van der Waals surface area contributed by atoms with Crippen molar-refractivity contribution < 1.29 is 4.55 Å². The largest absolute Gasteiger partial charge is 0.598 e. The molecule has 1 rings (SSSR count). The summed E-state index contributed by atoms with van der Waals surface area (Å²) in [6.45, 7) is 7.74. The number of hydrogen-bond donors (Lipinski definition) is 1. The SMILES string of the molecule is CC(N[S@+]([O-])C(C)(C)C)c1ccc(C#N)s1. The van der Waals surface area contributed by atoms with Gasteiger partial charge < -0.3 is 4.55 Å². The minimum atomic E-state index is -1.09. The van der Waals surface area contributed by atoms with Gasteiger partial charge in [-0.25, -0.2) is 0 Å². The van der Waals surface area contributed by atoms with Gasteiger partial charge in [0.2, 0.25) is 0 Å². The van der Waals surface area contributed by atoms with Crippen molar-refractivity contribution in [2.24, 2.45) is 0 Å². The van der Waals surface area contributed by atoms with Gasteiger partial charge in [-0.05, 0) is 39.8 Å². The molecule has 1 aromatic rings. The summed E-state index contributed by atoms with van der Waals surface area (Å²) in [5.74, 6) is 0. The molecule has 0 saturated carbocycles. The first kappa shape index (κ1) is 13.5. The molecule has 0 aliphatic rings. The smallest absolute Gasteiger partial charge is 0.136 e. The van der Waals surface area contributed by atoms with Crippen molar-refractivity contribution in [2.45, 2.75) is 38.5 Å². The summed E-state index contributed by atoms with van der Waals surface area (Å²) in [4.78, 5) is 1.72. The highest BCUT2D eigenvalue weighted by Crippen LogP contribution is 2.25. The molecule has 0 saturated heterocycles. The molecule has 1 aromatic heterocycles. The molecule has 0 amide bonds. The lowest BCUT2D eigenvalue weighted by molar-refractivity contribution is 0.532. The van der Waals surface area contributed by atoms with Crippen molar-refractivity contribution in [1.82, 2.24) is 4.72 Å². The van der Waals surface area contributed by atoms with Gasteiger partial charge in [-0.15, -0.1) is 16.1 Å². The molecule has 88 valence electrons. The summed E-state index contributed by atoms with van der Waals surface area (Å²) in [7, 11) is 0. The molecular formula is C11H16N2OS2. The van der Waals surface area contributed by atoms with Crippen LogP contribution in [0.4, 0.5) is 0 Å². The lowest BCUT2D eigenvalue weighted by Gasteiger charge is -2.26. The number of thiophene rings is 1. The number of hydrogen-bond acceptors (Lipinski definition) is 4. The summed E-state index contributed by atoms with van der Waals surface area (Å²) in [5.41, 5.74) is 0. The average Bonchev–Trinajstić information content (AvgIpc) is 2.64. The van der Waals surface area contributed by atoms with Crippen LogP contribution in [0.15, 0.2) is 12.1 Å². The summed E-state index contributed by atoms with van der Waals surface area (Å²) in [6.07, 6.45) is 0. The topological polar surface area (TPSA) is 58.9 Å². The Morgan fingerprint density at radius 3 is 2.56 bits per heavy atom. The second kappa shape index (κ2) is 5.19. The maximum Gasteiger partial charge on any atom is 0.136 e. The standard InChI is InChI=1S/C11H16N2OS2/c1-8(13-16(14)11(2,3)4)10-6-5-9(7-12)15-10/h5-6,8,13H,1-4H3/t8?,16-/m1/s1. The molecule has 0 radical (unpaired) electrons. The first-order chi connectivity index (χ1) is 7.34. The molecule has 0 aliphatic heterocycles. The van der Waals surface area contributed by atoms with E-state index in [1.165, 1.54) is 11.3 Å². The summed E-state index contributed by atoms with van der Waals surface area (Å²) >= 11 is 0.349. The van der Waals surface area contributed by atoms with Gasteiger partial charge in [0.25, 0.3) is 0 Å². The predicted octanol–water partition coefficient (Wildman–Crippen LogP) is 2.73. The van der Waals surface area contributed by atoms with E-state index >= 15 is 0 Å². The third kappa shape index (κ3) is 3.49. The van der Waals surface area contributed by atoms with E-state index in [1.807, 2.05) is 33.8 Å². The van der Waals surface area contributed by atoms with Crippen molar-refractivity contribution in [3.8, 4) is 6.07 Å². The van der Waals surface area contributed by atoms with E-state index < -0.39 is 11.4 Å². The van der Waals surface area contributed by atoms with E-state index in [0.29, 0.717) is 4.88 Å². The van der Waals surface area contributed by atoms with E-state index in [2.05, 4.69) is 10.8 Å². The van der Waals surface area contributed by atoms with Crippen LogP contribution in [0.5, 0.6) is 0 Å². The van der Waals surface area contributed by atoms with Gasteiger partial charge in [0.1, 0.15) is 15.7 Å². The Morgan fingerprint density at radius 2 is 2.12 bits per heavy atom. The van der Waals surface area contributed by atoms with Gasteiger partial charge in [0.05, 0.1) is 6.04 Å². The van der Waals surface area contributed by atoms with Gasteiger partial charge in [-0.1, -0.05) is 0 Å². The molecule has 5 heteroatoms. The predicted molar refractivity (Wildman–Crippen MR) is 68.5 cm³/mol. The Balaban J connectivity index is 2.66. The minimum absolute atomic E-state index is 0.00663. The molecule has 1 heterocycles. The zero-order valence-corrected chi connectivity index (χ0v) is 11.5. The summed E-state index contributed by atoms with van der Waals surface area (Å²) in [6, 6.07) is 5.80. The van der Waals surface area contributed by atoms with Crippen LogP contribution in [0.1, 0.15) is 43.5 Å². The van der Waals surface area contributed by atoms with Crippen molar-refractivity contribution in [1.29, 1.82) is 5.26 Å². The molecule has 0 spiro atoms. The lowest BCUT2D eigenvalue weighted by Crippen LogP contribution is -2.40. The van der Waals surface area contributed by atoms with Crippen molar-refractivity contribution >= 4 is 22.7 Å². The third-order valence-corrected chi connectivity index (χ3v) is 4.86. The normalized spacial score (nSPS) is 15.5. The van der Waals surface area contributed by atoms with Crippen LogP contribution in [-0.2, 0) is 11.4 Å². The lowest BCUT2D eigenvalue weighted by atomic mass is 10.3. The van der Waals surface area contributed by atoms with Crippen LogP contribution in [-0.4, -0.2) is 9.30 Å². The zero-order chi connectivity index (χ0) is 12.3. The number of nitrogens with one attached hydrogen (secondary N) is 1. The van der Waals surface area contributed by atoms with Crippen LogP contribution in [0.2, 0.25) is 0 Å². The Hall–Kier alpha value is -0.540. The summed E-state index contributed by atoms with van der Waals surface area (Å²) in [5, 5.41) is 8.72. The second-order valence-electron chi connectivity index (χ2n) is 4.53. The second-order valence-corrected chi connectivity index (χ2v) is 7.65. The van der Waals surface area contributed by atoms with Gasteiger partial charge in [0, 0.05) is 16.2 Å². The highest BCUT2D eigenvalue weighted by atomic mass is 32.2.